The molecule has 0 aliphatic heterocycles. The molecule has 3 rings (SSSR count). The van der Waals surface area contributed by atoms with Crippen LogP contribution in [0.3, 0.4) is 0 Å². The van der Waals surface area contributed by atoms with Crippen molar-refractivity contribution >= 4 is 28.3 Å². The van der Waals surface area contributed by atoms with Crippen LogP contribution in [-0.4, -0.2) is 16.1 Å². The van der Waals surface area contributed by atoms with Crippen LogP contribution in [0.1, 0.15) is 28.7 Å². The molecule has 7 heteroatoms. The highest BCUT2D eigenvalue weighted by Crippen LogP contribution is 2.29. The lowest BCUT2D eigenvalue weighted by atomic mass is 10.1. The second-order valence-corrected chi connectivity index (χ2v) is 5.90. The average Bonchev–Trinajstić information content (AvgIpc) is 2.92. The van der Waals surface area contributed by atoms with E-state index in [1.54, 1.807) is 19.2 Å². The molecule has 0 aliphatic carbocycles. The van der Waals surface area contributed by atoms with Crippen molar-refractivity contribution in [3.8, 4) is 16.3 Å². The fourth-order valence-electron chi connectivity index (χ4n) is 2.36. The van der Waals surface area contributed by atoms with Gasteiger partial charge in [0.25, 0.3) is 0 Å². The van der Waals surface area contributed by atoms with Gasteiger partial charge in [0.15, 0.2) is 0 Å². The van der Waals surface area contributed by atoms with Crippen molar-refractivity contribution in [1.29, 1.82) is 0 Å². The first kappa shape index (κ1) is 15.2. The molecular weight excluding hydrogens is 318 g/mol. The van der Waals surface area contributed by atoms with Gasteiger partial charge in [-0.1, -0.05) is 12.5 Å². The Kier molecular flexibility index (Phi) is 3.65. The molecule has 0 saturated heterocycles. The lowest BCUT2D eigenvalue weighted by molar-refractivity contribution is -0.269. The first-order valence-electron chi connectivity index (χ1n) is 6.89. The molecule has 0 spiro atoms. The van der Waals surface area contributed by atoms with E-state index in [2.05, 4.69) is 4.98 Å². The van der Waals surface area contributed by atoms with Crippen molar-refractivity contribution in [2.75, 3.05) is 0 Å². The van der Waals surface area contributed by atoms with Crippen molar-refractivity contribution in [3.63, 3.8) is 0 Å². The molecule has 0 unspecified atom stereocenters. The Balaban J connectivity index is 2.44. The Labute approximate surface area is 134 Å². The number of carboxylic acid groups (broad SMARTS) is 1. The maximum absolute atomic E-state index is 12.8. The number of hydrogen-bond donors (Lipinski definition) is 1. The summed E-state index contributed by atoms with van der Waals surface area (Å²) < 4.78 is 5.35. The molecule has 0 aliphatic rings. The quantitative estimate of drug-likeness (QED) is 0.791. The van der Waals surface area contributed by atoms with Crippen LogP contribution in [0, 0.1) is 6.92 Å². The SMILES string of the molecule is CCc1cc2c(=O)c(-c3nc(C)cs3)c(C(=O)O)oc2cc1[O-]. The standard InChI is InChI=1S/C16H13NO5S/c1-3-8-4-9-11(5-10(8)18)22-14(16(20)21)12(13(9)19)15-17-7(2)6-23-15/h4-6,18H,3H2,1-2H3,(H,20,21)/p-1. The molecule has 23 heavy (non-hydrogen) atoms. The van der Waals surface area contributed by atoms with Crippen molar-refractivity contribution in [3.05, 3.63) is 44.8 Å². The van der Waals surface area contributed by atoms with E-state index < -0.39 is 17.2 Å². The number of rotatable bonds is 3. The summed E-state index contributed by atoms with van der Waals surface area (Å²) in [5, 5.41) is 23.5. The maximum atomic E-state index is 12.8. The monoisotopic (exact) mass is 330 g/mol. The van der Waals surface area contributed by atoms with E-state index in [0.717, 1.165) is 0 Å². The van der Waals surface area contributed by atoms with Gasteiger partial charge in [-0.25, -0.2) is 9.78 Å². The number of benzene rings is 1. The number of hydrogen-bond acceptors (Lipinski definition) is 6. The van der Waals surface area contributed by atoms with Gasteiger partial charge in [0, 0.05) is 11.1 Å². The van der Waals surface area contributed by atoms with Crippen LogP contribution in [0.25, 0.3) is 21.5 Å². The summed E-state index contributed by atoms with van der Waals surface area (Å²) in [6.07, 6.45) is 0.473. The first-order chi connectivity index (χ1) is 10.9. The van der Waals surface area contributed by atoms with Crippen LogP contribution in [0.15, 0.2) is 26.7 Å². The van der Waals surface area contributed by atoms with Crippen LogP contribution in [0.5, 0.6) is 5.75 Å². The predicted octanol–water partition coefficient (Wildman–Crippen LogP) is 2.56. The highest BCUT2D eigenvalue weighted by atomic mass is 32.1. The van der Waals surface area contributed by atoms with Crippen LogP contribution in [0.4, 0.5) is 0 Å². The third-order valence-electron chi connectivity index (χ3n) is 3.48. The number of aryl methyl sites for hydroxylation is 2. The molecule has 1 aromatic carbocycles. The van der Waals surface area contributed by atoms with Crippen molar-refractivity contribution in [2.45, 2.75) is 20.3 Å². The van der Waals surface area contributed by atoms with Gasteiger partial charge in [-0.3, -0.25) is 4.79 Å². The smallest absolute Gasteiger partial charge is 0.372 e. The Bertz CT molecular complexity index is 986. The molecule has 0 saturated carbocycles. The minimum Gasteiger partial charge on any atom is -0.872 e. The van der Waals surface area contributed by atoms with E-state index in [1.807, 2.05) is 0 Å². The molecule has 2 heterocycles. The topological polar surface area (TPSA) is 103 Å². The number of aromatic carboxylic acids is 1. The Morgan fingerprint density at radius 2 is 2.17 bits per heavy atom. The Hall–Kier alpha value is -2.67. The van der Waals surface area contributed by atoms with E-state index >= 15 is 0 Å². The van der Waals surface area contributed by atoms with Gasteiger partial charge in [0.1, 0.15) is 16.2 Å². The van der Waals surface area contributed by atoms with Gasteiger partial charge in [-0.15, -0.1) is 17.1 Å². The molecule has 0 amide bonds. The van der Waals surface area contributed by atoms with Gasteiger partial charge in [0.05, 0.1) is 5.39 Å². The summed E-state index contributed by atoms with van der Waals surface area (Å²) in [6, 6.07) is 2.64. The zero-order valence-electron chi connectivity index (χ0n) is 12.4. The summed E-state index contributed by atoms with van der Waals surface area (Å²) in [5.41, 5.74) is 0.572. The van der Waals surface area contributed by atoms with E-state index in [4.69, 9.17) is 4.42 Å². The molecule has 0 atom stereocenters. The van der Waals surface area contributed by atoms with Crippen LogP contribution in [-0.2, 0) is 6.42 Å². The second-order valence-electron chi connectivity index (χ2n) is 5.04. The largest absolute Gasteiger partial charge is 0.872 e. The van der Waals surface area contributed by atoms with Crippen molar-refractivity contribution in [1.82, 2.24) is 4.98 Å². The van der Waals surface area contributed by atoms with Crippen LogP contribution < -0.4 is 10.5 Å². The lowest BCUT2D eigenvalue weighted by Gasteiger charge is -2.13. The number of aromatic nitrogens is 1. The van der Waals surface area contributed by atoms with Gasteiger partial charge >= 0.3 is 5.97 Å². The second kappa shape index (κ2) is 5.51. The minimum absolute atomic E-state index is 0.0216. The highest BCUT2D eigenvalue weighted by Gasteiger charge is 2.23. The minimum atomic E-state index is -1.38. The summed E-state index contributed by atoms with van der Waals surface area (Å²) in [7, 11) is 0. The molecule has 0 bridgehead atoms. The zero-order chi connectivity index (χ0) is 16.7. The summed E-state index contributed by atoms with van der Waals surface area (Å²) >= 11 is 1.17. The number of carboxylic acids is 1. The summed E-state index contributed by atoms with van der Waals surface area (Å²) in [6.45, 7) is 3.56. The number of fused-ring (bicyclic) bond motifs is 1. The Morgan fingerprint density at radius 1 is 1.43 bits per heavy atom. The normalized spacial score (nSPS) is 11.0. The molecule has 0 radical (unpaired) electrons. The number of carbonyl (C=O) groups is 1. The highest BCUT2D eigenvalue weighted by molar-refractivity contribution is 7.13. The van der Waals surface area contributed by atoms with Gasteiger partial charge < -0.3 is 14.6 Å². The number of thiazole rings is 1. The molecule has 0 fully saturated rings. The van der Waals surface area contributed by atoms with E-state index in [9.17, 15) is 19.8 Å². The van der Waals surface area contributed by atoms with E-state index in [-0.39, 0.29) is 22.3 Å². The average molecular weight is 330 g/mol. The number of nitrogens with zero attached hydrogens (tertiary/aromatic N) is 1. The Morgan fingerprint density at radius 3 is 2.74 bits per heavy atom. The fourth-order valence-corrected chi connectivity index (χ4v) is 3.19. The predicted molar refractivity (Wildman–Crippen MR) is 84.1 cm³/mol. The maximum Gasteiger partial charge on any atom is 0.372 e. The van der Waals surface area contributed by atoms with E-state index in [1.165, 1.54) is 23.5 Å². The molecule has 3 aromatic rings. The van der Waals surface area contributed by atoms with Crippen LogP contribution in [0.2, 0.25) is 0 Å². The zero-order valence-corrected chi connectivity index (χ0v) is 13.2. The molecule has 2 aromatic heterocycles. The summed E-state index contributed by atoms with van der Waals surface area (Å²) in [5.74, 6) is -2.16. The molecule has 118 valence electrons. The van der Waals surface area contributed by atoms with Crippen molar-refractivity contribution < 1.29 is 19.4 Å². The molecule has 6 nitrogen and oxygen atoms in total. The van der Waals surface area contributed by atoms with E-state index in [0.29, 0.717) is 22.7 Å². The third-order valence-corrected chi connectivity index (χ3v) is 4.46. The van der Waals surface area contributed by atoms with Gasteiger partial charge in [-0.2, -0.15) is 0 Å². The molecule has 1 N–H and O–H groups in total. The molecular formula is C16H12NO5S-. The lowest BCUT2D eigenvalue weighted by Crippen LogP contribution is -2.13. The van der Waals surface area contributed by atoms with Crippen molar-refractivity contribution in [2.24, 2.45) is 0 Å². The van der Waals surface area contributed by atoms with Crippen LogP contribution >= 0.6 is 11.3 Å². The summed E-state index contributed by atoms with van der Waals surface area (Å²) in [4.78, 5) is 28.4. The van der Waals surface area contributed by atoms with Gasteiger partial charge in [0.2, 0.25) is 11.2 Å². The fraction of sp³-hybridized carbons (Fsp3) is 0.188. The van der Waals surface area contributed by atoms with Gasteiger partial charge in [-0.05, 0) is 25.5 Å². The first-order valence-corrected chi connectivity index (χ1v) is 7.76. The third kappa shape index (κ3) is 2.49.